The molecule has 0 amide bonds. The number of rotatable bonds is 7. The van der Waals surface area contributed by atoms with Crippen LogP contribution in [0, 0.1) is 6.92 Å². The monoisotopic (exact) mass is 290 g/mol. The smallest absolute Gasteiger partial charge is 0.227 e. The molecule has 0 atom stereocenters. The normalized spacial score (nSPS) is 10.5. The first kappa shape index (κ1) is 15.1. The Kier molecular flexibility index (Phi) is 4.97. The Bertz CT molecular complexity index is 579. The summed E-state index contributed by atoms with van der Waals surface area (Å²) in [7, 11) is 0. The lowest BCUT2D eigenvalue weighted by Gasteiger charge is -2.20. The predicted octanol–water partition coefficient (Wildman–Crippen LogP) is 2.50. The summed E-state index contributed by atoms with van der Waals surface area (Å²) in [6, 6.07) is 1.91. The third-order valence-corrected chi connectivity index (χ3v) is 3.04. The molecular weight excluding hydrogens is 268 g/mol. The van der Waals surface area contributed by atoms with Crippen molar-refractivity contribution < 1.29 is 4.74 Å². The number of aromatic amines is 1. The van der Waals surface area contributed by atoms with Crippen molar-refractivity contribution in [1.82, 2.24) is 20.2 Å². The third-order valence-electron chi connectivity index (χ3n) is 3.04. The van der Waals surface area contributed by atoms with E-state index in [1.54, 1.807) is 6.20 Å². The molecule has 0 bridgehead atoms. The van der Waals surface area contributed by atoms with Crippen LogP contribution in [0.5, 0.6) is 5.75 Å². The molecule has 0 spiro atoms. The standard InChI is InChI=1S/C14H22N6O/c1-5-20(6-2)14-15-9-11(21-7-3)13(17-14)16-12-8-10(4)18-19-12/h8-9H,5-7H2,1-4H3,(H2,15,16,17,18,19). The molecule has 0 radical (unpaired) electrons. The number of nitrogens with one attached hydrogen (secondary N) is 2. The average molecular weight is 290 g/mol. The zero-order valence-electron chi connectivity index (χ0n) is 13.0. The molecule has 0 unspecified atom stereocenters. The van der Waals surface area contributed by atoms with Crippen LogP contribution in [-0.2, 0) is 0 Å². The average Bonchev–Trinajstić information content (AvgIpc) is 2.88. The minimum Gasteiger partial charge on any atom is -0.488 e. The summed E-state index contributed by atoms with van der Waals surface area (Å²) >= 11 is 0. The van der Waals surface area contributed by atoms with Crippen LogP contribution in [0.25, 0.3) is 0 Å². The molecule has 2 heterocycles. The SMILES string of the molecule is CCOc1cnc(N(CC)CC)nc1Nc1cc(C)[nH]n1. The Balaban J connectivity index is 2.31. The van der Waals surface area contributed by atoms with E-state index in [0.717, 1.165) is 18.8 Å². The van der Waals surface area contributed by atoms with E-state index in [1.807, 2.05) is 19.9 Å². The quantitative estimate of drug-likeness (QED) is 0.815. The molecule has 2 aromatic heterocycles. The fraction of sp³-hybridized carbons (Fsp3) is 0.500. The van der Waals surface area contributed by atoms with Gasteiger partial charge in [0.25, 0.3) is 0 Å². The molecule has 0 saturated carbocycles. The summed E-state index contributed by atoms with van der Waals surface area (Å²) in [5, 5.41) is 10.2. The van der Waals surface area contributed by atoms with E-state index < -0.39 is 0 Å². The summed E-state index contributed by atoms with van der Waals surface area (Å²) in [6.45, 7) is 10.3. The first-order valence-corrected chi connectivity index (χ1v) is 7.21. The van der Waals surface area contributed by atoms with Gasteiger partial charge in [-0.05, 0) is 27.7 Å². The predicted molar refractivity (Wildman–Crippen MR) is 83.4 cm³/mol. The number of hydrogen-bond donors (Lipinski definition) is 2. The molecule has 7 heteroatoms. The van der Waals surface area contributed by atoms with Crippen LogP contribution in [0.4, 0.5) is 17.6 Å². The first-order valence-electron chi connectivity index (χ1n) is 7.21. The van der Waals surface area contributed by atoms with E-state index in [-0.39, 0.29) is 0 Å². The Morgan fingerprint density at radius 3 is 2.62 bits per heavy atom. The third kappa shape index (κ3) is 3.62. The topological polar surface area (TPSA) is 79.0 Å². The molecule has 0 saturated heterocycles. The summed E-state index contributed by atoms with van der Waals surface area (Å²) in [4.78, 5) is 11.0. The van der Waals surface area contributed by atoms with Crippen molar-refractivity contribution in [3.63, 3.8) is 0 Å². The molecule has 0 aliphatic heterocycles. The van der Waals surface area contributed by atoms with E-state index in [0.29, 0.717) is 29.9 Å². The zero-order chi connectivity index (χ0) is 15.2. The maximum absolute atomic E-state index is 5.57. The number of hydrogen-bond acceptors (Lipinski definition) is 6. The van der Waals surface area contributed by atoms with Gasteiger partial charge in [0.2, 0.25) is 5.95 Å². The number of anilines is 3. The maximum atomic E-state index is 5.57. The fourth-order valence-corrected chi connectivity index (χ4v) is 1.97. The largest absolute Gasteiger partial charge is 0.488 e. The van der Waals surface area contributed by atoms with Crippen molar-refractivity contribution in [2.24, 2.45) is 0 Å². The van der Waals surface area contributed by atoms with Gasteiger partial charge in [-0.1, -0.05) is 0 Å². The van der Waals surface area contributed by atoms with E-state index in [9.17, 15) is 0 Å². The van der Waals surface area contributed by atoms with Gasteiger partial charge in [-0.25, -0.2) is 4.98 Å². The maximum Gasteiger partial charge on any atom is 0.227 e. The molecule has 0 aliphatic rings. The van der Waals surface area contributed by atoms with E-state index >= 15 is 0 Å². The molecule has 0 aliphatic carbocycles. The number of aryl methyl sites for hydroxylation is 1. The van der Waals surface area contributed by atoms with Gasteiger partial charge in [0.1, 0.15) is 0 Å². The van der Waals surface area contributed by atoms with Gasteiger partial charge in [0, 0.05) is 24.8 Å². The second kappa shape index (κ2) is 6.92. The molecule has 2 aromatic rings. The number of aromatic nitrogens is 4. The molecule has 114 valence electrons. The van der Waals surface area contributed by atoms with Crippen molar-refractivity contribution in [2.45, 2.75) is 27.7 Å². The van der Waals surface area contributed by atoms with Crippen LogP contribution in [0.15, 0.2) is 12.3 Å². The van der Waals surface area contributed by atoms with E-state index in [4.69, 9.17) is 4.74 Å². The summed E-state index contributed by atoms with van der Waals surface area (Å²) in [5.74, 6) is 2.63. The Morgan fingerprint density at radius 1 is 1.29 bits per heavy atom. The summed E-state index contributed by atoms with van der Waals surface area (Å²) in [6.07, 6.45) is 1.70. The Morgan fingerprint density at radius 2 is 2.05 bits per heavy atom. The zero-order valence-corrected chi connectivity index (χ0v) is 13.0. The van der Waals surface area contributed by atoms with Crippen LogP contribution in [0.3, 0.4) is 0 Å². The van der Waals surface area contributed by atoms with Gasteiger partial charge in [-0.2, -0.15) is 10.1 Å². The second-order valence-electron chi connectivity index (χ2n) is 4.55. The van der Waals surface area contributed by atoms with Gasteiger partial charge in [-0.15, -0.1) is 0 Å². The van der Waals surface area contributed by atoms with Gasteiger partial charge >= 0.3 is 0 Å². The van der Waals surface area contributed by atoms with E-state index in [2.05, 4.69) is 44.2 Å². The molecular formula is C14H22N6O. The van der Waals surface area contributed by atoms with Crippen LogP contribution in [0.2, 0.25) is 0 Å². The molecule has 7 nitrogen and oxygen atoms in total. The lowest BCUT2D eigenvalue weighted by atomic mass is 10.4. The minimum absolute atomic E-state index is 0.558. The van der Waals surface area contributed by atoms with Crippen LogP contribution in [0.1, 0.15) is 26.5 Å². The second-order valence-corrected chi connectivity index (χ2v) is 4.55. The Hall–Kier alpha value is -2.31. The van der Waals surface area contributed by atoms with Crippen LogP contribution in [-0.4, -0.2) is 39.9 Å². The number of H-pyrrole nitrogens is 1. The first-order chi connectivity index (χ1) is 10.2. The lowest BCUT2D eigenvalue weighted by molar-refractivity contribution is 0.339. The minimum atomic E-state index is 0.558. The van der Waals surface area contributed by atoms with Crippen molar-refractivity contribution in [1.29, 1.82) is 0 Å². The molecule has 2 rings (SSSR count). The lowest BCUT2D eigenvalue weighted by Crippen LogP contribution is -2.24. The van der Waals surface area contributed by atoms with Crippen molar-refractivity contribution in [3.8, 4) is 5.75 Å². The fourth-order valence-electron chi connectivity index (χ4n) is 1.97. The highest BCUT2D eigenvalue weighted by Gasteiger charge is 2.13. The molecule has 21 heavy (non-hydrogen) atoms. The van der Waals surface area contributed by atoms with Gasteiger partial charge in [0.05, 0.1) is 12.8 Å². The van der Waals surface area contributed by atoms with Crippen molar-refractivity contribution in [2.75, 3.05) is 29.9 Å². The number of ether oxygens (including phenoxy) is 1. The highest BCUT2D eigenvalue weighted by atomic mass is 16.5. The highest BCUT2D eigenvalue weighted by molar-refractivity contribution is 5.60. The van der Waals surface area contributed by atoms with Gasteiger partial charge in [-0.3, -0.25) is 5.10 Å². The molecule has 0 aromatic carbocycles. The summed E-state index contributed by atoms with van der Waals surface area (Å²) in [5.41, 5.74) is 0.980. The molecule has 2 N–H and O–H groups in total. The van der Waals surface area contributed by atoms with Crippen LogP contribution >= 0.6 is 0 Å². The summed E-state index contributed by atoms with van der Waals surface area (Å²) < 4.78 is 5.57. The molecule has 0 fully saturated rings. The van der Waals surface area contributed by atoms with E-state index in [1.165, 1.54) is 0 Å². The Labute approximate surface area is 124 Å². The van der Waals surface area contributed by atoms with Gasteiger partial charge < -0.3 is 15.0 Å². The van der Waals surface area contributed by atoms with Crippen molar-refractivity contribution in [3.05, 3.63) is 18.0 Å². The highest BCUT2D eigenvalue weighted by Crippen LogP contribution is 2.26. The van der Waals surface area contributed by atoms with Gasteiger partial charge in [0.15, 0.2) is 17.4 Å². The number of nitrogens with zero attached hydrogens (tertiary/aromatic N) is 4. The van der Waals surface area contributed by atoms with Crippen molar-refractivity contribution >= 4 is 17.6 Å². The van der Waals surface area contributed by atoms with Crippen LogP contribution < -0.4 is 15.0 Å².